The van der Waals surface area contributed by atoms with E-state index in [1.54, 1.807) is 10.5 Å². The molecule has 0 aliphatic carbocycles. The van der Waals surface area contributed by atoms with Crippen LogP contribution >= 0.6 is 0 Å². The number of nitrogens with zero attached hydrogens (tertiary/aromatic N) is 3. The van der Waals surface area contributed by atoms with Gasteiger partial charge in [-0.15, -0.1) is 0 Å². The summed E-state index contributed by atoms with van der Waals surface area (Å²) in [6, 6.07) is 16.6. The highest BCUT2D eigenvalue weighted by molar-refractivity contribution is 7.92. The van der Waals surface area contributed by atoms with Crippen LogP contribution < -0.4 is 20.3 Å². The molecule has 0 amide bonds. The second-order valence-electron chi connectivity index (χ2n) is 8.92. The van der Waals surface area contributed by atoms with Crippen molar-refractivity contribution in [1.82, 2.24) is 10.3 Å². The van der Waals surface area contributed by atoms with Crippen molar-refractivity contribution < 1.29 is 8.42 Å². The van der Waals surface area contributed by atoms with E-state index in [0.717, 1.165) is 66.1 Å². The molecule has 3 heterocycles. The molecular weight excluding hydrogens is 446 g/mol. The van der Waals surface area contributed by atoms with Crippen LogP contribution in [-0.2, 0) is 16.4 Å². The van der Waals surface area contributed by atoms with Crippen molar-refractivity contribution in [3.63, 3.8) is 0 Å². The first-order valence-electron chi connectivity index (χ1n) is 11.9. The van der Waals surface area contributed by atoms with Crippen LogP contribution in [0, 0.1) is 0 Å². The summed E-state index contributed by atoms with van der Waals surface area (Å²) in [7, 11) is -3.32. The van der Waals surface area contributed by atoms with E-state index in [-0.39, 0.29) is 5.75 Å². The maximum absolute atomic E-state index is 12.8. The van der Waals surface area contributed by atoms with Gasteiger partial charge >= 0.3 is 0 Å². The second-order valence-corrected chi connectivity index (χ2v) is 10.9. The zero-order valence-corrected chi connectivity index (χ0v) is 20.3. The lowest BCUT2D eigenvalue weighted by Crippen LogP contribution is -2.43. The number of anilines is 3. The Morgan fingerprint density at radius 3 is 2.44 bits per heavy atom. The van der Waals surface area contributed by atoms with Gasteiger partial charge in [-0.1, -0.05) is 31.2 Å². The Morgan fingerprint density at radius 2 is 1.71 bits per heavy atom. The van der Waals surface area contributed by atoms with Crippen LogP contribution in [0.15, 0.2) is 54.7 Å². The Labute approximate surface area is 201 Å². The number of fused-ring (bicyclic) bond motifs is 1. The van der Waals surface area contributed by atoms with Crippen molar-refractivity contribution in [2.75, 3.05) is 53.4 Å². The molecule has 2 aromatic carbocycles. The van der Waals surface area contributed by atoms with Gasteiger partial charge in [-0.3, -0.25) is 4.31 Å². The molecule has 34 heavy (non-hydrogen) atoms. The van der Waals surface area contributed by atoms with Gasteiger partial charge in [0.05, 0.1) is 11.4 Å². The predicted octanol–water partition coefficient (Wildman–Crippen LogP) is 3.51. The molecule has 1 fully saturated rings. The molecule has 0 saturated carbocycles. The zero-order valence-electron chi connectivity index (χ0n) is 19.5. The first kappa shape index (κ1) is 22.7. The summed E-state index contributed by atoms with van der Waals surface area (Å²) in [6.45, 7) is 6.41. The van der Waals surface area contributed by atoms with Gasteiger partial charge in [-0.2, -0.15) is 0 Å². The number of nitrogens with two attached hydrogens (primary N) is 1. The summed E-state index contributed by atoms with van der Waals surface area (Å²) >= 11 is 0. The van der Waals surface area contributed by atoms with Gasteiger partial charge in [0, 0.05) is 55.7 Å². The molecule has 3 aromatic rings. The topological polar surface area (TPSA) is 91.6 Å². The highest BCUT2D eigenvalue weighted by Crippen LogP contribution is 2.37. The second kappa shape index (κ2) is 9.27. The SMILES string of the molecule is CCCS(=O)(=O)N1CCc2ccc(-c3cc(-c4ccc(N5CCNCC5)cc4)cnc3N)cc21. The van der Waals surface area contributed by atoms with Crippen LogP contribution in [0.3, 0.4) is 0 Å². The average molecular weight is 478 g/mol. The molecule has 7 nitrogen and oxygen atoms in total. The summed E-state index contributed by atoms with van der Waals surface area (Å²) in [5.41, 5.74) is 13.0. The highest BCUT2D eigenvalue weighted by atomic mass is 32.2. The number of nitrogens with one attached hydrogen (secondary N) is 1. The van der Waals surface area contributed by atoms with E-state index in [1.807, 2.05) is 31.2 Å². The number of pyridine rings is 1. The van der Waals surface area contributed by atoms with Crippen molar-refractivity contribution in [1.29, 1.82) is 0 Å². The summed E-state index contributed by atoms with van der Waals surface area (Å²) < 4.78 is 27.1. The van der Waals surface area contributed by atoms with Crippen LogP contribution in [0.2, 0.25) is 0 Å². The molecule has 0 spiro atoms. The van der Waals surface area contributed by atoms with Crippen molar-refractivity contribution >= 4 is 27.2 Å². The number of piperazine rings is 1. The van der Waals surface area contributed by atoms with Crippen molar-refractivity contribution in [3.05, 3.63) is 60.3 Å². The Morgan fingerprint density at radius 1 is 0.971 bits per heavy atom. The number of hydrogen-bond acceptors (Lipinski definition) is 6. The predicted molar refractivity (Wildman–Crippen MR) is 140 cm³/mol. The van der Waals surface area contributed by atoms with Gasteiger partial charge in [-0.25, -0.2) is 13.4 Å². The van der Waals surface area contributed by atoms with E-state index >= 15 is 0 Å². The summed E-state index contributed by atoms with van der Waals surface area (Å²) in [6.07, 6.45) is 3.12. The molecule has 0 atom stereocenters. The number of nitrogen functional groups attached to an aromatic ring is 1. The number of benzene rings is 2. The summed E-state index contributed by atoms with van der Waals surface area (Å²) in [5, 5.41) is 3.38. The molecule has 1 saturated heterocycles. The molecule has 1 aromatic heterocycles. The first-order valence-corrected chi connectivity index (χ1v) is 13.5. The van der Waals surface area contributed by atoms with Gasteiger partial charge < -0.3 is 16.0 Å². The largest absolute Gasteiger partial charge is 0.383 e. The standard InChI is InChI=1S/C26H31N5O2S/c1-2-15-34(32,33)31-12-9-20-3-4-21(17-25(20)31)24-16-22(18-29-26(24)27)19-5-7-23(8-6-19)30-13-10-28-11-14-30/h3-8,16-18,28H,2,9-15H2,1H3,(H2,27,29). The lowest BCUT2D eigenvalue weighted by molar-refractivity contribution is 0.589. The van der Waals surface area contributed by atoms with Gasteiger partial charge in [0.15, 0.2) is 0 Å². The van der Waals surface area contributed by atoms with E-state index in [9.17, 15) is 8.42 Å². The fourth-order valence-corrected chi connectivity index (χ4v) is 6.40. The minimum atomic E-state index is -3.32. The molecule has 2 aliphatic heterocycles. The molecule has 178 valence electrons. The first-order chi connectivity index (χ1) is 16.5. The fourth-order valence-electron chi connectivity index (χ4n) is 4.83. The lowest BCUT2D eigenvalue weighted by Gasteiger charge is -2.29. The third-order valence-corrected chi connectivity index (χ3v) is 8.62. The quantitative estimate of drug-likeness (QED) is 0.565. The molecule has 8 heteroatoms. The molecule has 5 rings (SSSR count). The smallest absolute Gasteiger partial charge is 0.235 e. The molecule has 0 unspecified atom stereocenters. The van der Waals surface area contributed by atoms with Crippen LogP contribution in [0.4, 0.5) is 17.2 Å². The van der Waals surface area contributed by atoms with Crippen molar-refractivity contribution in [3.8, 4) is 22.3 Å². The highest BCUT2D eigenvalue weighted by Gasteiger charge is 2.29. The number of hydrogen-bond donors (Lipinski definition) is 2. The van der Waals surface area contributed by atoms with Gasteiger partial charge in [0.25, 0.3) is 0 Å². The monoisotopic (exact) mass is 477 g/mol. The normalized spacial score (nSPS) is 16.0. The Balaban J connectivity index is 1.46. The molecule has 2 aliphatic rings. The van der Waals surface area contributed by atoms with Crippen LogP contribution in [0.5, 0.6) is 0 Å². The van der Waals surface area contributed by atoms with E-state index in [1.165, 1.54) is 5.69 Å². The Kier molecular flexibility index (Phi) is 6.18. The zero-order chi connectivity index (χ0) is 23.7. The molecule has 3 N–H and O–H groups in total. The average Bonchev–Trinajstić information content (AvgIpc) is 3.29. The Bertz CT molecular complexity index is 1290. The number of rotatable bonds is 6. The van der Waals surface area contributed by atoms with E-state index in [0.29, 0.717) is 18.8 Å². The van der Waals surface area contributed by atoms with E-state index in [4.69, 9.17) is 5.73 Å². The Hall–Kier alpha value is -3.10. The van der Waals surface area contributed by atoms with Crippen LogP contribution in [0.1, 0.15) is 18.9 Å². The van der Waals surface area contributed by atoms with Gasteiger partial charge in [0.1, 0.15) is 5.82 Å². The fraction of sp³-hybridized carbons (Fsp3) is 0.346. The van der Waals surface area contributed by atoms with Crippen molar-refractivity contribution in [2.24, 2.45) is 0 Å². The summed E-state index contributed by atoms with van der Waals surface area (Å²) in [4.78, 5) is 6.85. The lowest BCUT2D eigenvalue weighted by atomic mass is 9.99. The summed E-state index contributed by atoms with van der Waals surface area (Å²) in [5.74, 6) is 0.585. The molecular formula is C26H31N5O2S. The van der Waals surface area contributed by atoms with Crippen LogP contribution in [-0.4, -0.2) is 51.9 Å². The molecule has 0 radical (unpaired) electrons. The van der Waals surface area contributed by atoms with Gasteiger partial charge in [0.2, 0.25) is 10.0 Å². The van der Waals surface area contributed by atoms with E-state index < -0.39 is 10.0 Å². The van der Waals surface area contributed by atoms with E-state index in [2.05, 4.69) is 39.5 Å². The minimum absolute atomic E-state index is 0.153. The maximum atomic E-state index is 12.8. The maximum Gasteiger partial charge on any atom is 0.235 e. The van der Waals surface area contributed by atoms with Crippen molar-refractivity contribution in [2.45, 2.75) is 19.8 Å². The van der Waals surface area contributed by atoms with Gasteiger partial charge in [-0.05, 0) is 53.8 Å². The molecule has 0 bridgehead atoms. The third kappa shape index (κ3) is 4.35. The third-order valence-electron chi connectivity index (χ3n) is 6.65. The number of sulfonamides is 1. The number of aromatic nitrogens is 1. The van der Waals surface area contributed by atoms with Crippen LogP contribution in [0.25, 0.3) is 22.3 Å². The minimum Gasteiger partial charge on any atom is -0.383 e.